The zero-order chi connectivity index (χ0) is 35.6. The number of ether oxygens (including phenoxy) is 2. The van der Waals surface area contributed by atoms with Gasteiger partial charge < -0.3 is 20.9 Å². The van der Waals surface area contributed by atoms with Crippen LogP contribution in [0.25, 0.3) is 0 Å². The van der Waals surface area contributed by atoms with Gasteiger partial charge in [-0.3, -0.25) is 0 Å². The van der Waals surface area contributed by atoms with E-state index in [0.717, 1.165) is 0 Å². The molecule has 0 aromatic heterocycles. The van der Waals surface area contributed by atoms with Crippen LogP contribution in [0.15, 0.2) is 36.4 Å². The highest BCUT2D eigenvalue weighted by atomic mass is 19.4. The Morgan fingerprint density at radius 1 is 0.348 bits per heavy atom. The molecule has 0 amide bonds. The van der Waals surface area contributed by atoms with Crippen LogP contribution in [-0.2, 0) is 37.1 Å². The van der Waals surface area contributed by atoms with Gasteiger partial charge in [-0.2, -0.15) is 79.0 Å². The smallest absolute Gasteiger partial charge is 0.420 e. The number of hydrogen-bond acceptors (Lipinski definition) is 4. The van der Waals surface area contributed by atoms with Crippen LogP contribution < -0.4 is 20.9 Å². The van der Waals surface area contributed by atoms with E-state index in [0.29, 0.717) is 0 Å². The molecule has 3 rings (SSSR count). The standard InChI is InChI=1S/C24H10F18N2O2/c25-19(26,27)10-1-7(43)3-13(16(10)22(34,35)36)45-9-5-12(21(31,32)33)18(24(40,41)42)15(6-9)46-14-4-8(44)2-11(20(28,29)30)17(14)23(37,38)39/h1-6H,43-44H2. The molecular weight excluding hydrogens is 690 g/mol. The fraction of sp³-hybridized carbons (Fsp3) is 0.250. The summed E-state index contributed by atoms with van der Waals surface area (Å²) in [5.74, 6) is -8.60. The predicted octanol–water partition coefficient (Wildman–Crippen LogP) is 10.5. The van der Waals surface area contributed by atoms with Gasteiger partial charge in [0.25, 0.3) is 0 Å². The van der Waals surface area contributed by atoms with Crippen molar-refractivity contribution in [3.63, 3.8) is 0 Å². The molecule has 3 aromatic rings. The number of halogens is 18. The van der Waals surface area contributed by atoms with E-state index in [-0.39, 0.29) is 24.3 Å². The van der Waals surface area contributed by atoms with Crippen LogP contribution in [0.4, 0.5) is 90.4 Å². The number of anilines is 2. The summed E-state index contributed by atoms with van der Waals surface area (Å²) in [7, 11) is 0. The normalized spacial score (nSPS) is 13.6. The zero-order valence-electron chi connectivity index (χ0n) is 21.2. The topological polar surface area (TPSA) is 70.5 Å². The first-order chi connectivity index (χ1) is 20.4. The fourth-order valence-corrected chi connectivity index (χ4v) is 3.96. The van der Waals surface area contributed by atoms with Crippen LogP contribution in [0.3, 0.4) is 0 Å². The zero-order valence-corrected chi connectivity index (χ0v) is 21.2. The molecule has 4 nitrogen and oxygen atoms in total. The van der Waals surface area contributed by atoms with Crippen molar-refractivity contribution >= 4 is 11.4 Å². The van der Waals surface area contributed by atoms with E-state index < -0.39 is 117 Å². The number of benzene rings is 3. The van der Waals surface area contributed by atoms with Crippen LogP contribution in [0.2, 0.25) is 0 Å². The summed E-state index contributed by atoms with van der Waals surface area (Å²) < 4.78 is 254. The molecule has 0 radical (unpaired) electrons. The van der Waals surface area contributed by atoms with Crippen molar-refractivity contribution in [2.45, 2.75) is 37.1 Å². The Kier molecular flexibility index (Phi) is 8.74. The molecule has 0 aliphatic heterocycles. The largest absolute Gasteiger partial charge is 0.456 e. The second-order valence-electron chi connectivity index (χ2n) is 8.92. The lowest BCUT2D eigenvalue weighted by Crippen LogP contribution is -2.20. The Labute approximate surface area is 242 Å². The van der Waals surface area contributed by atoms with Gasteiger partial charge >= 0.3 is 37.1 Å². The number of nitrogen functional groups attached to an aromatic ring is 2. The first kappa shape index (κ1) is 36.1. The van der Waals surface area contributed by atoms with E-state index in [2.05, 4.69) is 9.47 Å². The Morgan fingerprint density at radius 2 is 0.630 bits per heavy atom. The molecule has 0 aliphatic carbocycles. The summed E-state index contributed by atoms with van der Waals surface area (Å²) in [5.41, 5.74) is -8.99. The molecule has 3 aromatic carbocycles. The van der Waals surface area contributed by atoms with E-state index in [1.807, 2.05) is 0 Å². The molecule has 0 heterocycles. The van der Waals surface area contributed by atoms with Crippen LogP contribution in [0.5, 0.6) is 23.0 Å². The molecule has 0 unspecified atom stereocenters. The quantitative estimate of drug-likeness (QED) is 0.210. The lowest BCUT2D eigenvalue weighted by molar-refractivity contribution is -0.164. The number of nitrogens with two attached hydrogens (primary N) is 2. The molecule has 254 valence electrons. The average molecular weight is 700 g/mol. The molecule has 0 atom stereocenters. The Hall–Kier alpha value is -4.40. The molecule has 0 spiro atoms. The summed E-state index contributed by atoms with van der Waals surface area (Å²) in [6, 6.07) is -1.94. The van der Waals surface area contributed by atoms with Gasteiger partial charge in [-0.15, -0.1) is 0 Å². The summed E-state index contributed by atoms with van der Waals surface area (Å²) in [6.07, 6.45) is -36.4. The summed E-state index contributed by atoms with van der Waals surface area (Å²) in [6.45, 7) is 0. The first-order valence-electron chi connectivity index (χ1n) is 11.3. The van der Waals surface area contributed by atoms with E-state index >= 15 is 0 Å². The molecule has 0 bridgehead atoms. The third-order valence-corrected chi connectivity index (χ3v) is 5.54. The van der Waals surface area contributed by atoms with Gasteiger partial charge in [0.05, 0.1) is 16.7 Å². The third-order valence-electron chi connectivity index (χ3n) is 5.54. The van der Waals surface area contributed by atoms with Gasteiger partial charge in [0.1, 0.15) is 39.7 Å². The summed E-state index contributed by atoms with van der Waals surface area (Å²) >= 11 is 0. The van der Waals surface area contributed by atoms with Gasteiger partial charge in [0, 0.05) is 29.6 Å². The van der Waals surface area contributed by atoms with Crippen molar-refractivity contribution in [3.05, 3.63) is 69.8 Å². The SMILES string of the molecule is Nc1cc(Oc2cc(Oc3cc(N)cc(C(F)(F)F)c3C(F)(F)F)c(C(F)(F)F)c(C(F)(F)F)c2)c(C(F)(F)F)c(C(F)(F)F)c1. The van der Waals surface area contributed by atoms with Crippen LogP contribution >= 0.6 is 0 Å². The molecule has 0 saturated heterocycles. The maximum atomic E-state index is 13.9. The Balaban J connectivity index is 2.45. The van der Waals surface area contributed by atoms with E-state index in [4.69, 9.17) is 11.5 Å². The van der Waals surface area contributed by atoms with Crippen LogP contribution in [0.1, 0.15) is 33.4 Å². The van der Waals surface area contributed by atoms with Crippen molar-refractivity contribution in [3.8, 4) is 23.0 Å². The highest BCUT2D eigenvalue weighted by Crippen LogP contribution is 2.53. The molecule has 46 heavy (non-hydrogen) atoms. The Morgan fingerprint density at radius 3 is 0.935 bits per heavy atom. The van der Waals surface area contributed by atoms with E-state index in [1.54, 1.807) is 0 Å². The van der Waals surface area contributed by atoms with Gasteiger partial charge in [-0.1, -0.05) is 0 Å². The highest BCUT2D eigenvalue weighted by molar-refractivity contribution is 5.60. The molecular formula is C24H10F18N2O2. The number of rotatable bonds is 4. The maximum Gasteiger partial charge on any atom is 0.420 e. The van der Waals surface area contributed by atoms with Crippen LogP contribution in [-0.4, -0.2) is 0 Å². The van der Waals surface area contributed by atoms with E-state index in [1.165, 1.54) is 0 Å². The number of alkyl halides is 18. The minimum absolute atomic E-state index is 0.0290. The van der Waals surface area contributed by atoms with E-state index in [9.17, 15) is 79.0 Å². The third kappa shape index (κ3) is 7.69. The first-order valence-corrected chi connectivity index (χ1v) is 11.3. The van der Waals surface area contributed by atoms with Gasteiger partial charge in [-0.05, 0) is 18.2 Å². The minimum Gasteiger partial charge on any atom is -0.456 e. The van der Waals surface area contributed by atoms with Gasteiger partial charge in [0.15, 0.2) is 0 Å². The molecule has 4 N–H and O–H groups in total. The molecule has 0 saturated carbocycles. The number of hydrogen-bond donors (Lipinski definition) is 2. The van der Waals surface area contributed by atoms with Crippen molar-refractivity contribution < 1.29 is 88.5 Å². The fourth-order valence-electron chi connectivity index (χ4n) is 3.96. The molecule has 0 fully saturated rings. The predicted molar refractivity (Wildman–Crippen MR) is 118 cm³/mol. The second kappa shape index (κ2) is 11.1. The van der Waals surface area contributed by atoms with Crippen molar-refractivity contribution in [1.29, 1.82) is 0 Å². The second-order valence-corrected chi connectivity index (χ2v) is 8.92. The molecule has 0 aliphatic rings. The maximum absolute atomic E-state index is 13.9. The van der Waals surface area contributed by atoms with Crippen molar-refractivity contribution in [1.82, 2.24) is 0 Å². The Bertz CT molecular complexity index is 1630. The highest BCUT2D eigenvalue weighted by Gasteiger charge is 2.50. The summed E-state index contributed by atoms with van der Waals surface area (Å²) in [5, 5.41) is 0. The summed E-state index contributed by atoms with van der Waals surface area (Å²) in [4.78, 5) is 0. The minimum atomic E-state index is -6.26. The van der Waals surface area contributed by atoms with Crippen LogP contribution in [0, 0.1) is 0 Å². The van der Waals surface area contributed by atoms with Gasteiger partial charge in [0.2, 0.25) is 0 Å². The lowest BCUT2D eigenvalue weighted by Gasteiger charge is -2.24. The average Bonchev–Trinajstić information content (AvgIpc) is 2.78. The molecule has 22 heteroatoms. The van der Waals surface area contributed by atoms with Gasteiger partial charge in [-0.25, -0.2) is 0 Å². The lowest BCUT2D eigenvalue weighted by atomic mass is 10.0. The van der Waals surface area contributed by atoms with Crippen molar-refractivity contribution in [2.24, 2.45) is 0 Å². The van der Waals surface area contributed by atoms with Crippen molar-refractivity contribution in [2.75, 3.05) is 11.5 Å². The monoisotopic (exact) mass is 700 g/mol.